The van der Waals surface area contributed by atoms with Crippen molar-refractivity contribution in [1.82, 2.24) is 5.32 Å². The molecule has 6 nitrogen and oxygen atoms in total. The molecule has 0 saturated heterocycles. The molecule has 3 rings (SSSR count). The van der Waals surface area contributed by atoms with E-state index in [0.717, 1.165) is 15.6 Å². The third-order valence-electron chi connectivity index (χ3n) is 4.78. The van der Waals surface area contributed by atoms with Crippen LogP contribution in [-0.4, -0.2) is 27.5 Å². The summed E-state index contributed by atoms with van der Waals surface area (Å²) in [5.41, 5.74) is 1.29. The van der Waals surface area contributed by atoms with Crippen LogP contribution in [0.1, 0.15) is 25.5 Å². The minimum atomic E-state index is -3.94. The number of carbonyl (C=O) groups excluding carboxylic acids is 1. The van der Waals surface area contributed by atoms with Crippen molar-refractivity contribution in [2.45, 2.75) is 24.8 Å². The van der Waals surface area contributed by atoms with Crippen LogP contribution in [0.4, 0.5) is 5.69 Å². The maximum Gasteiger partial charge on any atom is 0.264 e. The number of halogens is 1. The van der Waals surface area contributed by atoms with Gasteiger partial charge in [0.1, 0.15) is 12.3 Å². The lowest BCUT2D eigenvalue weighted by Crippen LogP contribution is -2.41. The number of ether oxygens (including phenoxy) is 1. The summed E-state index contributed by atoms with van der Waals surface area (Å²) in [5, 5.41) is 2.89. The summed E-state index contributed by atoms with van der Waals surface area (Å²) >= 11 is 3.38. The Hall–Kier alpha value is -2.84. The van der Waals surface area contributed by atoms with Crippen molar-refractivity contribution in [3.63, 3.8) is 0 Å². The molecule has 0 radical (unpaired) electrons. The van der Waals surface area contributed by atoms with Crippen LogP contribution in [0.25, 0.3) is 0 Å². The largest absolute Gasteiger partial charge is 0.494 e. The van der Waals surface area contributed by atoms with Crippen molar-refractivity contribution in [3.8, 4) is 5.75 Å². The number of hydrogen-bond donors (Lipinski definition) is 1. The molecule has 8 heteroatoms. The molecule has 0 bridgehead atoms. The Kier molecular flexibility index (Phi) is 7.93. The Morgan fingerprint density at radius 1 is 1.03 bits per heavy atom. The fraction of sp³-hybridized carbons (Fsp3) is 0.208. The molecule has 3 aromatic rings. The number of benzene rings is 3. The van der Waals surface area contributed by atoms with E-state index in [1.165, 1.54) is 12.1 Å². The number of hydrogen-bond acceptors (Lipinski definition) is 4. The molecule has 32 heavy (non-hydrogen) atoms. The van der Waals surface area contributed by atoms with Gasteiger partial charge in [-0.15, -0.1) is 0 Å². The molecule has 1 atom stereocenters. The number of anilines is 1. The van der Waals surface area contributed by atoms with Gasteiger partial charge in [0.2, 0.25) is 5.91 Å². The lowest BCUT2D eigenvalue weighted by atomic mass is 10.1. The van der Waals surface area contributed by atoms with Gasteiger partial charge >= 0.3 is 0 Å². The number of amides is 1. The fourth-order valence-electron chi connectivity index (χ4n) is 3.19. The van der Waals surface area contributed by atoms with Gasteiger partial charge in [-0.1, -0.05) is 52.3 Å². The first-order valence-corrected chi connectivity index (χ1v) is 12.4. The molecule has 0 fully saturated rings. The lowest BCUT2D eigenvalue weighted by molar-refractivity contribution is -0.120. The number of rotatable bonds is 9. The quantitative estimate of drug-likeness (QED) is 0.437. The number of nitrogens with zero attached hydrogens (tertiary/aromatic N) is 1. The second-order valence-corrected chi connectivity index (χ2v) is 9.87. The summed E-state index contributed by atoms with van der Waals surface area (Å²) in [5.74, 6) is 0.343. The van der Waals surface area contributed by atoms with Gasteiger partial charge in [0.25, 0.3) is 10.0 Å². The molecular weight excluding hydrogens is 492 g/mol. The first-order valence-electron chi connectivity index (χ1n) is 10.2. The molecule has 0 aliphatic carbocycles. The van der Waals surface area contributed by atoms with E-state index < -0.39 is 15.9 Å². The molecular formula is C24H25BrN2O4S. The fourth-order valence-corrected chi connectivity index (χ4v) is 5.01. The van der Waals surface area contributed by atoms with Crippen LogP contribution in [0, 0.1) is 0 Å². The van der Waals surface area contributed by atoms with Gasteiger partial charge in [0.05, 0.1) is 23.2 Å². The van der Waals surface area contributed by atoms with Crippen LogP contribution in [0.2, 0.25) is 0 Å². The van der Waals surface area contributed by atoms with Crippen LogP contribution in [0.15, 0.2) is 88.2 Å². The Bertz CT molecular complexity index is 1150. The van der Waals surface area contributed by atoms with Gasteiger partial charge in [-0.3, -0.25) is 9.10 Å². The summed E-state index contributed by atoms with van der Waals surface area (Å²) in [6.45, 7) is 3.99. The number of carbonyl (C=O) groups is 1. The second-order valence-electron chi connectivity index (χ2n) is 7.10. The van der Waals surface area contributed by atoms with Crippen LogP contribution in [0.5, 0.6) is 5.75 Å². The van der Waals surface area contributed by atoms with E-state index in [9.17, 15) is 13.2 Å². The van der Waals surface area contributed by atoms with Crippen molar-refractivity contribution >= 4 is 37.5 Å². The maximum absolute atomic E-state index is 13.4. The zero-order valence-electron chi connectivity index (χ0n) is 17.9. The first-order chi connectivity index (χ1) is 15.3. The lowest BCUT2D eigenvalue weighted by Gasteiger charge is -2.25. The number of nitrogens with one attached hydrogen (secondary N) is 1. The zero-order chi connectivity index (χ0) is 23.1. The van der Waals surface area contributed by atoms with Crippen molar-refractivity contribution in [2.24, 2.45) is 0 Å². The van der Waals surface area contributed by atoms with E-state index in [4.69, 9.17) is 4.74 Å². The van der Waals surface area contributed by atoms with E-state index in [0.29, 0.717) is 16.8 Å². The van der Waals surface area contributed by atoms with Crippen molar-refractivity contribution in [2.75, 3.05) is 17.5 Å². The standard InChI is InChI=1S/C24H25BrN2O4S/c1-3-31-22-14-12-19(13-15-22)18(2)26-24(28)17-27(21-9-7-8-20(25)16-21)32(29,30)23-10-5-4-6-11-23/h4-16,18H,3,17H2,1-2H3,(H,26,28)/t18-/m0/s1. The Morgan fingerprint density at radius 3 is 2.34 bits per heavy atom. The summed E-state index contributed by atoms with van der Waals surface area (Å²) in [6.07, 6.45) is 0. The van der Waals surface area contributed by atoms with Gasteiger partial charge in [-0.25, -0.2) is 8.42 Å². The summed E-state index contributed by atoms with van der Waals surface area (Å²) < 4.78 is 34.0. The smallest absolute Gasteiger partial charge is 0.264 e. The van der Waals surface area contributed by atoms with E-state index in [1.807, 2.05) is 38.1 Å². The average Bonchev–Trinajstić information content (AvgIpc) is 2.78. The van der Waals surface area contributed by atoms with Crippen molar-refractivity contribution < 1.29 is 17.9 Å². The van der Waals surface area contributed by atoms with Crippen LogP contribution < -0.4 is 14.4 Å². The van der Waals surface area contributed by atoms with Gasteiger partial charge < -0.3 is 10.1 Å². The second kappa shape index (κ2) is 10.7. The summed E-state index contributed by atoms with van der Waals surface area (Å²) in [7, 11) is -3.94. The highest BCUT2D eigenvalue weighted by atomic mass is 79.9. The van der Waals surface area contributed by atoms with Gasteiger partial charge in [-0.2, -0.15) is 0 Å². The SMILES string of the molecule is CCOc1ccc([C@H](C)NC(=O)CN(c2cccc(Br)c2)S(=O)(=O)c2ccccc2)cc1. The maximum atomic E-state index is 13.4. The average molecular weight is 517 g/mol. The molecule has 0 saturated carbocycles. The minimum absolute atomic E-state index is 0.118. The molecule has 1 amide bonds. The summed E-state index contributed by atoms with van der Waals surface area (Å²) in [6, 6.07) is 22.1. The van der Waals surface area contributed by atoms with E-state index in [-0.39, 0.29) is 17.5 Å². The molecule has 0 aromatic heterocycles. The predicted molar refractivity (Wildman–Crippen MR) is 129 cm³/mol. The van der Waals surface area contributed by atoms with E-state index in [2.05, 4.69) is 21.2 Å². The molecule has 1 N–H and O–H groups in total. The molecule has 3 aromatic carbocycles. The minimum Gasteiger partial charge on any atom is -0.494 e. The van der Waals surface area contributed by atoms with Crippen molar-refractivity contribution in [3.05, 3.63) is 88.9 Å². The highest BCUT2D eigenvalue weighted by Crippen LogP contribution is 2.26. The van der Waals surface area contributed by atoms with Gasteiger partial charge in [-0.05, 0) is 61.9 Å². The Balaban J connectivity index is 1.82. The van der Waals surface area contributed by atoms with Gasteiger partial charge in [0, 0.05) is 4.47 Å². The first kappa shape index (κ1) is 23.8. The third kappa shape index (κ3) is 5.89. The van der Waals surface area contributed by atoms with Gasteiger partial charge in [0.15, 0.2) is 0 Å². The predicted octanol–water partition coefficient (Wildman–Crippen LogP) is 4.92. The topological polar surface area (TPSA) is 75.7 Å². The molecule has 0 spiro atoms. The summed E-state index contributed by atoms with van der Waals surface area (Å²) in [4.78, 5) is 13.0. The normalized spacial score (nSPS) is 12.1. The van der Waals surface area contributed by atoms with Crippen LogP contribution in [-0.2, 0) is 14.8 Å². The van der Waals surface area contributed by atoms with Crippen LogP contribution >= 0.6 is 15.9 Å². The molecule has 0 unspecified atom stereocenters. The molecule has 0 aliphatic rings. The molecule has 0 heterocycles. The monoisotopic (exact) mass is 516 g/mol. The number of sulfonamides is 1. The molecule has 168 valence electrons. The highest BCUT2D eigenvalue weighted by molar-refractivity contribution is 9.10. The van der Waals surface area contributed by atoms with Crippen LogP contribution in [0.3, 0.4) is 0 Å². The Labute approximate surface area is 197 Å². The molecule has 0 aliphatic heterocycles. The van der Waals surface area contributed by atoms with E-state index in [1.54, 1.807) is 42.5 Å². The Morgan fingerprint density at radius 2 is 1.72 bits per heavy atom. The van der Waals surface area contributed by atoms with E-state index >= 15 is 0 Å². The highest BCUT2D eigenvalue weighted by Gasteiger charge is 2.27. The third-order valence-corrected chi connectivity index (χ3v) is 7.06. The van der Waals surface area contributed by atoms with Crippen molar-refractivity contribution in [1.29, 1.82) is 0 Å². The zero-order valence-corrected chi connectivity index (χ0v) is 20.3.